The summed E-state index contributed by atoms with van der Waals surface area (Å²) in [6.07, 6.45) is 4.12. The molecule has 0 saturated carbocycles. The Morgan fingerprint density at radius 2 is 1.69 bits per heavy atom. The molecule has 0 spiro atoms. The molecule has 2 aliphatic rings. The molecule has 2 atom stereocenters. The molecule has 8 rings (SSSR count). The van der Waals surface area contributed by atoms with E-state index >= 15 is 4.39 Å². The van der Waals surface area contributed by atoms with Crippen molar-refractivity contribution in [2.45, 2.75) is 84.4 Å². The zero-order valence-corrected chi connectivity index (χ0v) is 50.3. The van der Waals surface area contributed by atoms with Gasteiger partial charge in [0.1, 0.15) is 18.7 Å². The highest BCUT2D eigenvalue weighted by atomic mass is 32.1. The molecule has 88 heavy (non-hydrogen) atoms. The van der Waals surface area contributed by atoms with Crippen LogP contribution < -0.4 is 42.0 Å². The lowest BCUT2D eigenvalue weighted by atomic mass is 10.0. The molecule has 0 aliphatic carbocycles. The minimum absolute atomic E-state index is 0.00854. The quantitative estimate of drug-likeness (QED) is 0.0157. The maximum atomic E-state index is 15.2. The Labute approximate surface area is 513 Å². The average Bonchev–Trinajstić information content (AvgIpc) is 2.32. The first kappa shape index (κ1) is 64.4. The van der Waals surface area contributed by atoms with Crippen molar-refractivity contribution < 1.29 is 62.1 Å². The Bertz CT molecular complexity index is 3610. The van der Waals surface area contributed by atoms with Gasteiger partial charge in [0.2, 0.25) is 17.7 Å². The number of aryl methyl sites for hydroxylation is 1. The van der Waals surface area contributed by atoms with Crippen LogP contribution in [0.5, 0.6) is 5.75 Å². The van der Waals surface area contributed by atoms with E-state index < -0.39 is 71.4 Å². The van der Waals surface area contributed by atoms with Gasteiger partial charge >= 0.3 is 18.1 Å². The van der Waals surface area contributed by atoms with E-state index in [-0.39, 0.29) is 76.8 Å². The Morgan fingerprint density at radius 1 is 0.920 bits per heavy atom. The Kier molecular flexibility index (Phi) is 22.4. The monoisotopic (exact) mass is 1240 g/mol. The van der Waals surface area contributed by atoms with E-state index in [0.717, 1.165) is 51.2 Å². The van der Waals surface area contributed by atoms with Crippen LogP contribution in [0.15, 0.2) is 78.9 Å². The molecular weight excluding hydrogens is 1180 g/mol. The summed E-state index contributed by atoms with van der Waals surface area (Å²) in [5.41, 5.74) is 9.22. The first-order chi connectivity index (χ1) is 42.3. The number of primary amides is 1. The van der Waals surface area contributed by atoms with Gasteiger partial charge in [0, 0.05) is 66.0 Å². The topological polar surface area (TPSA) is 332 Å². The Hall–Kier alpha value is -9.59. The number of carboxylic acid groups (broad SMARTS) is 1. The summed E-state index contributed by atoms with van der Waals surface area (Å²) in [4.78, 5) is 114. The van der Waals surface area contributed by atoms with E-state index in [9.17, 15) is 43.5 Å². The number of nitrogens with one attached hydrogen (secondary N) is 5. The van der Waals surface area contributed by atoms with Gasteiger partial charge in [-0.1, -0.05) is 61.3 Å². The lowest BCUT2D eigenvalue weighted by Gasteiger charge is -2.28. The van der Waals surface area contributed by atoms with E-state index in [1.807, 2.05) is 36.1 Å². The van der Waals surface area contributed by atoms with Gasteiger partial charge in [0.15, 0.2) is 39.2 Å². The summed E-state index contributed by atoms with van der Waals surface area (Å²) in [5.74, 6) is 2.08. The van der Waals surface area contributed by atoms with E-state index in [0.29, 0.717) is 63.0 Å². The van der Waals surface area contributed by atoms with Crippen LogP contribution in [0.25, 0.3) is 10.2 Å². The van der Waals surface area contributed by atoms with Gasteiger partial charge in [-0.3, -0.25) is 28.9 Å². The molecule has 3 aromatic carbocycles. The van der Waals surface area contributed by atoms with Crippen molar-refractivity contribution in [3.63, 3.8) is 0 Å². The number of anilines is 5. The highest BCUT2D eigenvalue weighted by Crippen LogP contribution is 2.39. The molecule has 8 amide bonds. The van der Waals surface area contributed by atoms with Crippen molar-refractivity contribution in [1.29, 1.82) is 0 Å². The predicted molar refractivity (Wildman–Crippen MR) is 326 cm³/mol. The first-order valence-electron chi connectivity index (χ1n) is 28.2. The molecule has 3 aromatic heterocycles. The SMILES string of the molecule is Cc1c(Nc2nc3ccccc3s2)nnc2c1CCCN2c1nc(C(=O)O)c(CCCOc2ccc(C#CCN(C)C(=O)OCc3ccc(NC(=O)[C@H](CCCNC(N)=O)NC(=O)[C@@H](NC(=O)CCOCCN4C(=O)C=CC4=O)C(C)C)cc3)cc2F)s1. The summed E-state index contributed by atoms with van der Waals surface area (Å²) in [7, 11) is 1.49. The molecule has 0 fully saturated rings. The number of carboxylic acids is 1. The van der Waals surface area contributed by atoms with Gasteiger partial charge in [0.05, 0.1) is 43.1 Å². The molecule has 25 nitrogen and oxygen atoms in total. The third-order valence-electron chi connectivity index (χ3n) is 13.9. The van der Waals surface area contributed by atoms with Crippen molar-refractivity contribution in [2.24, 2.45) is 11.7 Å². The van der Waals surface area contributed by atoms with E-state index in [2.05, 4.69) is 58.6 Å². The lowest BCUT2D eigenvalue weighted by Crippen LogP contribution is -2.54. The predicted octanol–water partition coefficient (Wildman–Crippen LogP) is 6.49. The smallest absolute Gasteiger partial charge is 0.410 e. The maximum Gasteiger partial charge on any atom is 0.410 e. The lowest BCUT2D eigenvalue weighted by molar-refractivity contribution is -0.138. The fourth-order valence-electron chi connectivity index (χ4n) is 9.21. The van der Waals surface area contributed by atoms with E-state index in [1.54, 1.807) is 44.2 Å². The van der Waals surface area contributed by atoms with Crippen LogP contribution in [0.4, 0.5) is 41.6 Å². The van der Waals surface area contributed by atoms with E-state index in [4.69, 9.17) is 19.9 Å². The number of para-hydroxylation sites is 1. The van der Waals surface area contributed by atoms with Crippen molar-refractivity contribution >= 4 is 108 Å². The Balaban J connectivity index is 0.761. The number of benzene rings is 3. The number of aromatic nitrogens is 4. The number of imide groups is 1. The number of hydrogen-bond donors (Lipinski definition) is 7. The second-order valence-corrected chi connectivity index (χ2v) is 22.8. The summed E-state index contributed by atoms with van der Waals surface area (Å²) >= 11 is 2.79. The molecule has 5 heterocycles. The summed E-state index contributed by atoms with van der Waals surface area (Å²) in [6.45, 7) is 6.03. The maximum absolute atomic E-state index is 15.2. The highest BCUT2D eigenvalue weighted by Gasteiger charge is 2.31. The van der Waals surface area contributed by atoms with Gasteiger partial charge in [-0.25, -0.2) is 28.7 Å². The minimum Gasteiger partial charge on any atom is -0.491 e. The number of carbonyl (C=O) groups is 8. The number of aromatic carboxylic acids is 1. The number of rotatable bonds is 28. The molecule has 2 aliphatic heterocycles. The standard InChI is InChI=1S/C60H66FN13O12S2/c1-35(2)50(67-47(75)25-31-84-32-29-73-48(76)23-24-49(73)77)55(79)65-43(14-7-26-63-57(62)82)54(78)64-39-20-17-38(18-21-39)34-86-60(83)72(4)27-8-11-37-19-22-44(41(61)33-37)85-30-10-16-46-51(56(80)81)68-59(88-46)74-28-9-12-40-36(3)52(70-71-53(40)74)69-58-66-42-13-5-6-15-45(42)87-58/h5-6,13,15,17-24,33,35,43,50H,7,9-10,12,14,16,25-32,34H2,1-4H3,(H,64,78)(H,65,79)(H,67,75)(H,80,81)(H3,62,63,82)(H,66,69,70)/t43-,50-/m0/s1. The summed E-state index contributed by atoms with van der Waals surface area (Å²) in [6, 6.07) is 15.6. The molecule has 6 aromatic rings. The molecule has 8 N–H and O–H groups in total. The van der Waals surface area contributed by atoms with Crippen LogP contribution in [0.3, 0.4) is 0 Å². The van der Waals surface area contributed by atoms with Crippen LogP contribution in [-0.4, -0.2) is 148 Å². The van der Waals surface area contributed by atoms with Gasteiger partial charge in [0.25, 0.3) is 11.8 Å². The number of hydrogen-bond acceptors (Lipinski definition) is 19. The molecule has 0 radical (unpaired) electrons. The molecule has 462 valence electrons. The van der Waals surface area contributed by atoms with Gasteiger partial charge in [-0.15, -0.1) is 21.5 Å². The second-order valence-electron chi connectivity index (χ2n) is 20.7. The second kappa shape index (κ2) is 30.7. The van der Waals surface area contributed by atoms with Gasteiger partial charge < -0.3 is 61.4 Å². The van der Waals surface area contributed by atoms with Crippen LogP contribution >= 0.6 is 22.7 Å². The van der Waals surface area contributed by atoms with Crippen LogP contribution in [0.2, 0.25) is 0 Å². The molecule has 28 heteroatoms. The largest absolute Gasteiger partial charge is 0.491 e. The molecule has 0 unspecified atom stereocenters. The summed E-state index contributed by atoms with van der Waals surface area (Å²) in [5, 5.41) is 34.3. The molecular formula is C60H66FN13O12S2. The van der Waals surface area contributed by atoms with Crippen molar-refractivity contribution in [2.75, 3.05) is 68.6 Å². The number of urea groups is 1. The number of halogens is 1. The third kappa shape index (κ3) is 17.5. The van der Waals surface area contributed by atoms with Crippen LogP contribution in [0, 0.1) is 30.5 Å². The first-order valence-corrected chi connectivity index (χ1v) is 29.9. The van der Waals surface area contributed by atoms with E-state index in [1.165, 1.54) is 46.8 Å². The van der Waals surface area contributed by atoms with Crippen LogP contribution in [-0.2, 0) is 52.9 Å². The number of amides is 8. The summed E-state index contributed by atoms with van der Waals surface area (Å²) < 4.78 is 32.9. The van der Waals surface area contributed by atoms with Crippen LogP contribution in [0.1, 0.15) is 83.6 Å². The average molecular weight is 1240 g/mol. The molecule has 0 saturated heterocycles. The number of fused-ring (bicyclic) bond motifs is 2. The normalized spacial score (nSPS) is 13.3. The van der Waals surface area contributed by atoms with Gasteiger partial charge in [-0.2, -0.15) is 0 Å². The highest BCUT2D eigenvalue weighted by molar-refractivity contribution is 7.22. The van der Waals surface area contributed by atoms with Crippen molar-refractivity contribution in [1.82, 2.24) is 45.9 Å². The van der Waals surface area contributed by atoms with Crippen molar-refractivity contribution in [3.05, 3.63) is 118 Å². The third-order valence-corrected chi connectivity index (χ3v) is 16.0. The number of nitrogens with zero attached hydrogens (tertiary/aromatic N) is 7. The number of thiazole rings is 2. The number of ether oxygens (including phenoxy) is 3. The number of nitrogens with two attached hydrogens (primary N) is 1. The fraction of sp³-hybridized carbons (Fsp3) is 0.367. The minimum atomic E-state index is -1.16. The van der Waals surface area contributed by atoms with Crippen molar-refractivity contribution in [3.8, 4) is 17.6 Å². The Morgan fingerprint density at radius 3 is 2.42 bits per heavy atom. The zero-order valence-electron chi connectivity index (χ0n) is 48.7. The number of carbonyl (C=O) groups excluding carboxylic acids is 7. The van der Waals surface area contributed by atoms with Gasteiger partial charge in [-0.05, 0) is 99.4 Å². The fourth-order valence-corrected chi connectivity index (χ4v) is 11.2. The molecule has 0 bridgehead atoms. The zero-order chi connectivity index (χ0) is 62.9.